The Hall–Kier alpha value is -3.14. The molecule has 0 radical (unpaired) electrons. The molecule has 0 heterocycles. The van der Waals surface area contributed by atoms with E-state index in [1.165, 1.54) is 19.1 Å². The molecule has 0 aliphatic rings. The normalized spacial score (nSPS) is 14.7. The number of amides is 3. The van der Waals surface area contributed by atoms with Gasteiger partial charge >= 0.3 is 5.97 Å². The fraction of sp³-hybridized carbons (Fsp3) is 0.583. The van der Waals surface area contributed by atoms with Crippen molar-refractivity contribution in [3.63, 3.8) is 0 Å². The van der Waals surface area contributed by atoms with Gasteiger partial charge in [-0.05, 0) is 55.7 Å². The maximum absolute atomic E-state index is 13.1. The van der Waals surface area contributed by atoms with Gasteiger partial charge in [0.25, 0.3) is 0 Å². The van der Waals surface area contributed by atoms with Crippen LogP contribution in [0.2, 0.25) is 0 Å². The van der Waals surface area contributed by atoms with Gasteiger partial charge in [0.15, 0.2) is 0 Å². The summed E-state index contributed by atoms with van der Waals surface area (Å²) in [5, 5.41) is 26.2. The number of benzene rings is 1. The molecule has 4 atom stereocenters. The third-order valence-corrected chi connectivity index (χ3v) is 5.14. The number of aromatic hydroxyl groups is 1. The number of carboxylic acids is 1. The fourth-order valence-corrected chi connectivity index (χ4v) is 3.31. The van der Waals surface area contributed by atoms with Crippen molar-refractivity contribution in [2.24, 2.45) is 17.6 Å². The maximum atomic E-state index is 13.1. The second kappa shape index (κ2) is 13.5. The van der Waals surface area contributed by atoms with Crippen LogP contribution in [0.15, 0.2) is 24.3 Å². The molecule has 10 nitrogen and oxygen atoms in total. The molecule has 1 rings (SSSR count). The number of hydrogen-bond donors (Lipinski definition) is 6. The van der Waals surface area contributed by atoms with E-state index in [1.54, 1.807) is 12.1 Å². The van der Waals surface area contributed by atoms with E-state index in [9.17, 15) is 24.3 Å². The Morgan fingerprint density at radius 3 is 1.68 bits per heavy atom. The Bertz CT molecular complexity index is 840. The molecule has 0 aromatic heterocycles. The number of nitrogens with one attached hydrogen (secondary N) is 3. The molecule has 0 aliphatic heterocycles. The summed E-state index contributed by atoms with van der Waals surface area (Å²) < 4.78 is 0. The van der Waals surface area contributed by atoms with Crippen molar-refractivity contribution in [3.05, 3.63) is 29.8 Å². The molecule has 1 aromatic carbocycles. The van der Waals surface area contributed by atoms with E-state index < -0.39 is 47.9 Å². The number of phenols is 1. The van der Waals surface area contributed by atoms with Gasteiger partial charge in [-0.2, -0.15) is 0 Å². The Morgan fingerprint density at radius 2 is 1.24 bits per heavy atom. The van der Waals surface area contributed by atoms with Crippen molar-refractivity contribution in [1.82, 2.24) is 16.0 Å². The summed E-state index contributed by atoms with van der Waals surface area (Å²) in [6.07, 6.45) is 0.839. The molecule has 0 aliphatic carbocycles. The first-order valence-electron chi connectivity index (χ1n) is 11.5. The zero-order valence-corrected chi connectivity index (χ0v) is 20.5. The van der Waals surface area contributed by atoms with Crippen LogP contribution >= 0.6 is 0 Å². The largest absolute Gasteiger partial charge is 0.508 e. The zero-order valence-electron chi connectivity index (χ0n) is 20.5. The number of carboxylic acid groups (broad SMARTS) is 1. The average Bonchev–Trinajstić information content (AvgIpc) is 2.73. The van der Waals surface area contributed by atoms with Crippen LogP contribution in [0.5, 0.6) is 5.75 Å². The Kier molecular flexibility index (Phi) is 11.5. The summed E-state index contributed by atoms with van der Waals surface area (Å²) in [5.74, 6) is -2.62. The number of hydrogen-bond acceptors (Lipinski definition) is 6. The van der Waals surface area contributed by atoms with Crippen molar-refractivity contribution in [3.8, 4) is 5.75 Å². The molecule has 10 heteroatoms. The van der Waals surface area contributed by atoms with Crippen LogP contribution in [-0.4, -0.2) is 58.1 Å². The lowest BCUT2D eigenvalue weighted by atomic mass is 9.99. The molecule has 0 fully saturated rings. The van der Waals surface area contributed by atoms with Crippen molar-refractivity contribution in [2.45, 2.75) is 78.0 Å². The third kappa shape index (κ3) is 10.2. The summed E-state index contributed by atoms with van der Waals surface area (Å²) in [6.45, 7) is 8.89. The van der Waals surface area contributed by atoms with Gasteiger partial charge in [0.2, 0.25) is 17.7 Å². The summed E-state index contributed by atoms with van der Waals surface area (Å²) in [4.78, 5) is 49.5. The second-order valence-electron chi connectivity index (χ2n) is 9.43. The monoisotopic (exact) mass is 478 g/mol. The molecule has 0 bridgehead atoms. The van der Waals surface area contributed by atoms with Crippen molar-refractivity contribution >= 4 is 23.7 Å². The summed E-state index contributed by atoms with van der Waals surface area (Å²) in [7, 11) is 0. The second-order valence-corrected chi connectivity index (χ2v) is 9.43. The standard InChI is InChI=1S/C24H38N4O6/c1-13(2)10-19(22(31)26-15(5)24(33)34)28-23(32)20(11-14(3)4)27-21(30)18(25)12-16-6-8-17(29)9-7-16/h6-9,13-15,18-20,29H,10-12,25H2,1-5H3,(H,26,31)(H,27,30)(H,28,32)(H,33,34). The van der Waals surface area contributed by atoms with E-state index in [0.29, 0.717) is 12.8 Å². The molecule has 34 heavy (non-hydrogen) atoms. The van der Waals surface area contributed by atoms with Gasteiger partial charge in [-0.25, -0.2) is 0 Å². The van der Waals surface area contributed by atoms with Gasteiger partial charge in [0.05, 0.1) is 6.04 Å². The molecule has 0 saturated carbocycles. The van der Waals surface area contributed by atoms with Crippen LogP contribution in [0.3, 0.4) is 0 Å². The molecule has 0 spiro atoms. The highest BCUT2D eigenvalue weighted by Gasteiger charge is 2.30. The molecular weight excluding hydrogens is 440 g/mol. The Morgan fingerprint density at radius 1 is 0.794 bits per heavy atom. The van der Waals surface area contributed by atoms with Crippen LogP contribution in [-0.2, 0) is 25.6 Å². The molecular formula is C24H38N4O6. The van der Waals surface area contributed by atoms with Crippen LogP contribution in [0.4, 0.5) is 0 Å². The molecule has 4 unspecified atom stereocenters. The number of carbonyl (C=O) groups excluding carboxylic acids is 3. The SMILES string of the molecule is CC(C)CC(NC(=O)C(N)Cc1ccc(O)cc1)C(=O)NC(CC(C)C)C(=O)NC(C)C(=O)O. The minimum Gasteiger partial charge on any atom is -0.508 e. The summed E-state index contributed by atoms with van der Waals surface area (Å²) in [5.41, 5.74) is 6.80. The lowest BCUT2D eigenvalue weighted by molar-refractivity contribution is -0.142. The molecule has 190 valence electrons. The Balaban J connectivity index is 2.91. The van der Waals surface area contributed by atoms with Gasteiger partial charge in [-0.15, -0.1) is 0 Å². The van der Waals surface area contributed by atoms with E-state index in [2.05, 4.69) is 16.0 Å². The number of carbonyl (C=O) groups is 4. The van der Waals surface area contributed by atoms with E-state index in [4.69, 9.17) is 10.8 Å². The Labute approximate surface area is 200 Å². The molecule has 7 N–H and O–H groups in total. The minimum atomic E-state index is -1.18. The zero-order chi connectivity index (χ0) is 26.0. The molecule has 1 aromatic rings. The first kappa shape index (κ1) is 28.9. The third-order valence-electron chi connectivity index (χ3n) is 5.14. The smallest absolute Gasteiger partial charge is 0.325 e. The van der Waals surface area contributed by atoms with Gasteiger partial charge in [-0.1, -0.05) is 39.8 Å². The van der Waals surface area contributed by atoms with Crippen LogP contribution in [0.1, 0.15) is 53.0 Å². The topological polar surface area (TPSA) is 171 Å². The minimum absolute atomic E-state index is 0.0491. The highest BCUT2D eigenvalue weighted by molar-refractivity contribution is 5.94. The first-order chi connectivity index (χ1) is 15.8. The maximum Gasteiger partial charge on any atom is 0.325 e. The van der Waals surface area contributed by atoms with Crippen molar-refractivity contribution < 1.29 is 29.4 Å². The van der Waals surface area contributed by atoms with E-state index >= 15 is 0 Å². The average molecular weight is 479 g/mol. The lowest BCUT2D eigenvalue weighted by Gasteiger charge is -2.26. The number of nitrogens with two attached hydrogens (primary N) is 1. The molecule has 0 saturated heterocycles. The fourth-order valence-electron chi connectivity index (χ4n) is 3.31. The summed E-state index contributed by atoms with van der Waals surface area (Å²) in [6, 6.07) is 2.42. The van der Waals surface area contributed by atoms with Gasteiger partial charge in [-0.3, -0.25) is 19.2 Å². The van der Waals surface area contributed by atoms with Crippen LogP contribution in [0, 0.1) is 11.8 Å². The lowest BCUT2D eigenvalue weighted by Crippen LogP contribution is -2.57. The van der Waals surface area contributed by atoms with Crippen LogP contribution < -0.4 is 21.7 Å². The van der Waals surface area contributed by atoms with E-state index in [0.717, 1.165) is 5.56 Å². The van der Waals surface area contributed by atoms with Gasteiger partial charge in [0.1, 0.15) is 23.9 Å². The van der Waals surface area contributed by atoms with E-state index in [-0.39, 0.29) is 24.0 Å². The van der Waals surface area contributed by atoms with Gasteiger partial charge in [0, 0.05) is 0 Å². The van der Waals surface area contributed by atoms with E-state index in [1.807, 2.05) is 27.7 Å². The molecule has 3 amide bonds. The number of phenolic OH excluding ortho intramolecular Hbond substituents is 1. The van der Waals surface area contributed by atoms with Crippen molar-refractivity contribution in [1.29, 1.82) is 0 Å². The number of rotatable bonds is 13. The number of aliphatic carboxylic acids is 1. The van der Waals surface area contributed by atoms with Crippen molar-refractivity contribution in [2.75, 3.05) is 0 Å². The highest BCUT2D eigenvalue weighted by atomic mass is 16.4. The highest BCUT2D eigenvalue weighted by Crippen LogP contribution is 2.12. The quantitative estimate of drug-likeness (QED) is 0.245. The predicted molar refractivity (Wildman–Crippen MR) is 128 cm³/mol. The predicted octanol–water partition coefficient (Wildman–Crippen LogP) is 0.913. The first-order valence-corrected chi connectivity index (χ1v) is 11.5. The van der Waals surface area contributed by atoms with Crippen LogP contribution in [0.25, 0.3) is 0 Å². The van der Waals surface area contributed by atoms with Gasteiger partial charge < -0.3 is 31.9 Å². The summed E-state index contributed by atoms with van der Waals surface area (Å²) >= 11 is 0.